The van der Waals surface area contributed by atoms with Gasteiger partial charge >= 0.3 is 11.9 Å². The van der Waals surface area contributed by atoms with Crippen molar-refractivity contribution in [1.82, 2.24) is 15.1 Å². The van der Waals surface area contributed by atoms with Gasteiger partial charge < -0.3 is 9.26 Å². The molecule has 2 aromatic heterocycles. The zero-order valence-corrected chi connectivity index (χ0v) is 10.7. The van der Waals surface area contributed by atoms with Crippen molar-refractivity contribution in [2.75, 3.05) is 0 Å². The quantitative estimate of drug-likeness (QED) is 0.628. The maximum Gasteiger partial charge on any atom is 0.385 e. The first-order valence-electron chi connectivity index (χ1n) is 5.83. The number of aryl methyl sites for hydroxylation is 1. The molecule has 0 aliphatic rings. The Balaban J connectivity index is 2.05. The lowest BCUT2D eigenvalue weighted by Gasteiger charge is -2.01. The standard InChI is InChI=1S/C12H9F2N3O4/c1-2-6-3-9(21-17-6)12(19)20-11(18)8-5-15-7(4-16-8)10(13)14/h3-5,10H,2H2,1H3. The van der Waals surface area contributed by atoms with Crippen molar-refractivity contribution >= 4 is 11.9 Å². The van der Waals surface area contributed by atoms with Gasteiger partial charge in [0.05, 0.1) is 18.1 Å². The molecule has 9 heteroatoms. The molecule has 0 N–H and O–H groups in total. The average Bonchev–Trinajstić information content (AvgIpc) is 2.96. The van der Waals surface area contributed by atoms with Crippen LogP contribution in [0.15, 0.2) is 23.0 Å². The fourth-order valence-corrected chi connectivity index (χ4v) is 1.32. The second kappa shape index (κ2) is 6.16. The van der Waals surface area contributed by atoms with E-state index in [1.54, 1.807) is 6.92 Å². The molecule has 0 amide bonds. The summed E-state index contributed by atoms with van der Waals surface area (Å²) < 4.78 is 33.7. The Labute approximate surface area is 116 Å². The molecule has 110 valence electrons. The Bertz CT molecular complexity index is 655. The molecule has 0 atom stereocenters. The Morgan fingerprint density at radius 1 is 1.29 bits per heavy atom. The van der Waals surface area contributed by atoms with E-state index in [0.29, 0.717) is 12.1 Å². The largest absolute Gasteiger partial charge is 0.385 e. The third-order valence-corrected chi connectivity index (χ3v) is 2.41. The number of hydrogen-bond acceptors (Lipinski definition) is 7. The molecule has 2 heterocycles. The summed E-state index contributed by atoms with van der Waals surface area (Å²) in [7, 11) is 0. The second-order valence-corrected chi connectivity index (χ2v) is 3.84. The van der Waals surface area contributed by atoms with Gasteiger partial charge in [-0.25, -0.2) is 23.4 Å². The first kappa shape index (κ1) is 14.7. The summed E-state index contributed by atoms with van der Waals surface area (Å²) in [5, 5.41) is 3.57. The summed E-state index contributed by atoms with van der Waals surface area (Å²) in [6, 6.07) is 1.33. The van der Waals surface area contributed by atoms with Crippen molar-refractivity contribution in [3.8, 4) is 0 Å². The van der Waals surface area contributed by atoms with E-state index in [1.165, 1.54) is 6.07 Å². The highest BCUT2D eigenvalue weighted by molar-refractivity contribution is 6.00. The highest BCUT2D eigenvalue weighted by Gasteiger charge is 2.21. The number of nitrogens with zero attached hydrogens (tertiary/aromatic N) is 3. The van der Waals surface area contributed by atoms with Crippen LogP contribution < -0.4 is 0 Å². The molecule has 0 aliphatic carbocycles. The highest BCUT2D eigenvalue weighted by Crippen LogP contribution is 2.14. The third-order valence-electron chi connectivity index (χ3n) is 2.41. The van der Waals surface area contributed by atoms with Crippen LogP contribution in [0.3, 0.4) is 0 Å². The minimum atomic E-state index is -2.80. The summed E-state index contributed by atoms with van der Waals surface area (Å²) in [5.74, 6) is -2.41. The zero-order valence-electron chi connectivity index (χ0n) is 10.7. The van der Waals surface area contributed by atoms with Gasteiger partial charge in [0.1, 0.15) is 5.69 Å². The fraction of sp³-hybridized carbons (Fsp3) is 0.250. The van der Waals surface area contributed by atoms with Crippen LogP contribution in [0, 0.1) is 0 Å². The minimum Gasteiger partial charge on any atom is -0.382 e. The topological polar surface area (TPSA) is 95.2 Å². The van der Waals surface area contributed by atoms with E-state index in [-0.39, 0.29) is 11.5 Å². The van der Waals surface area contributed by atoms with Gasteiger partial charge in [0.2, 0.25) is 5.76 Å². The molecule has 0 aromatic carbocycles. The van der Waals surface area contributed by atoms with Crippen LogP contribution in [0.5, 0.6) is 0 Å². The number of ether oxygens (including phenoxy) is 1. The Morgan fingerprint density at radius 2 is 2.05 bits per heavy atom. The number of carbonyl (C=O) groups is 2. The lowest BCUT2D eigenvalue weighted by atomic mass is 10.3. The first-order valence-corrected chi connectivity index (χ1v) is 5.83. The fourth-order valence-electron chi connectivity index (χ4n) is 1.32. The Hall–Kier alpha value is -2.71. The molecular formula is C12H9F2N3O4. The van der Waals surface area contributed by atoms with E-state index in [9.17, 15) is 18.4 Å². The summed E-state index contributed by atoms with van der Waals surface area (Å²) >= 11 is 0. The molecule has 2 aromatic rings. The van der Waals surface area contributed by atoms with Crippen LogP contribution in [-0.4, -0.2) is 27.1 Å². The summed E-state index contributed by atoms with van der Waals surface area (Å²) in [6.45, 7) is 1.80. The Morgan fingerprint density at radius 3 is 2.57 bits per heavy atom. The minimum absolute atomic E-state index is 0.239. The normalized spacial score (nSPS) is 10.7. The number of aromatic nitrogens is 3. The molecule has 2 rings (SSSR count). The molecule has 0 fully saturated rings. The molecule has 7 nitrogen and oxygen atoms in total. The van der Waals surface area contributed by atoms with Gasteiger partial charge in [-0.1, -0.05) is 12.1 Å². The van der Waals surface area contributed by atoms with Crippen molar-refractivity contribution in [1.29, 1.82) is 0 Å². The third kappa shape index (κ3) is 3.44. The van der Waals surface area contributed by atoms with Crippen molar-refractivity contribution in [2.45, 2.75) is 19.8 Å². The van der Waals surface area contributed by atoms with Gasteiger partial charge in [-0.2, -0.15) is 0 Å². The summed E-state index contributed by atoms with van der Waals surface area (Å²) in [6.07, 6.45) is -0.721. The van der Waals surface area contributed by atoms with Crippen LogP contribution >= 0.6 is 0 Å². The number of halogens is 2. The smallest absolute Gasteiger partial charge is 0.382 e. The lowest BCUT2D eigenvalue weighted by molar-refractivity contribution is 0.0364. The molecule has 0 bridgehead atoms. The van der Waals surface area contributed by atoms with E-state index in [0.717, 1.165) is 12.4 Å². The molecule has 0 spiro atoms. The molecule has 0 saturated heterocycles. The van der Waals surface area contributed by atoms with Crippen molar-refractivity contribution in [2.24, 2.45) is 0 Å². The van der Waals surface area contributed by atoms with Crippen LogP contribution in [0.2, 0.25) is 0 Å². The maximum absolute atomic E-state index is 12.3. The van der Waals surface area contributed by atoms with E-state index >= 15 is 0 Å². The van der Waals surface area contributed by atoms with Crippen LogP contribution in [0.4, 0.5) is 8.78 Å². The molecule has 0 radical (unpaired) electrons. The second-order valence-electron chi connectivity index (χ2n) is 3.84. The number of carbonyl (C=O) groups excluding carboxylic acids is 2. The van der Waals surface area contributed by atoms with Crippen LogP contribution in [0.1, 0.15) is 45.8 Å². The predicted molar refractivity (Wildman–Crippen MR) is 62.6 cm³/mol. The number of esters is 2. The number of hydrogen-bond donors (Lipinski definition) is 0. The number of alkyl halides is 2. The molecule has 0 aliphatic heterocycles. The van der Waals surface area contributed by atoms with Gasteiger partial charge in [-0.3, -0.25) is 4.98 Å². The molecule has 0 unspecified atom stereocenters. The number of rotatable bonds is 4. The molecular weight excluding hydrogens is 288 g/mol. The van der Waals surface area contributed by atoms with Gasteiger partial charge in [-0.05, 0) is 6.42 Å². The van der Waals surface area contributed by atoms with E-state index in [2.05, 4.69) is 19.9 Å². The van der Waals surface area contributed by atoms with Gasteiger partial charge in [0, 0.05) is 6.07 Å². The molecule has 21 heavy (non-hydrogen) atoms. The average molecular weight is 297 g/mol. The first-order chi connectivity index (χ1) is 10.0. The Kier molecular flexibility index (Phi) is 4.31. The van der Waals surface area contributed by atoms with Gasteiger partial charge in [-0.15, -0.1) is 0 Å². The predicted octanol–water partition coefficient (Wildman–Crippen LogP) is 1.96. The highest BCUT2D eigenvalue weighted by atomic mass is 19.3. The van der Waals surface area contributed by atoms with Crippen molar-refractivity contribution < 1.29 is 27.6 Å². The van der Waals surface area contributed by atoms with Crippen LogP contribution in [0.25, 0.3) is 0 Å². The zero-order chi connectivity index (χ0) is 15.4. The van der Waals surface area contributed by atoms with Gasteiger partial charge in [0.25, 0.3) is 6.43 Å². The summed E-state index contributed by atoms with van der Waals surface area (Å²) in [4.78, 5) is 30.0. The van der Waals surface area contributed by atoms with E-state index in [1.807, 2.05) is 0 Å². The lowest BCUT2D eigenvalue weighted by Crippen LogP contribution is -2.14. The van der Waals surface area contributed by atoms with Crippen molar-refractivity contribution in [3.63, 3.8) is 0 Å². The van der Waals surface area contributed by atoms with Crippen LogP contribution in [-0.2, 0) is 11.2 Å². The van der Waals surface area contributed by atoms with E-state index < -0.39 is 24.1 Å². The molecule has 0 saturated carbocycles. The van der Waals surface area contributed by atoms with E-state index in [4.69, 9.17) is 4.52 Å². The maximum atomic E-state index is 12.3. The van der Waals surface area contributed by atoms with Crippen molar-refractivity contribution in [3.05, 3.63) is 41.3 Å². The monoisotopic (exact) mass is 297 g/mol. The SMILES string of the molecule is CCc1cc(C(=O)OC(=O)c2cnc(C(F)F)cn2)on1. The summed E-state index contributed by atoms with van der Waals surface area (Å²) in [5.41, 5.74) is -0.431. The van der Waals surface area contributed by atoms with Gasteiger partial charge in [0.15, 0.2) is 5.69 Å².